The summed E-state index contributed by atoms with van der Waals surface area (Å²) in [5.41, 5.74) is 1.25. The molecule has 0 aromatic heterocycles. The Morgan fingerprint density at radius 2 is 1.96 bits per heavy atom. The third-order valence-electron chi connectivity index (χ3n) is 4.76. The standard InChI is InChI=1S/C18H25ClN2O2/c19-16-5-3-14(4-6-16)12-21-9-1-2-15(13-21)18(22)20-17-7-10-23-11-8-17/h3-6,15,17H,1-2,7-13H2,(H,20,22). The van der Waals surface area contributed by atoms with Gasteiger partial charge in [0.25, 0.3) is 0 Å². The zero-order valence-electron chi connectivity index (χ0n) is 13.5. The number of carbonyl (C=O) groups excluding carboxylic acids is 1. The number of nitrogens with zero attached hydrogens (tertiary/aromatic N) is 1. The fourth-order valence-electron chi connectivity index (χ4n) is 3.42. The number of piperidine rings is 1. The molecule has 2 heterocycles. The van der Waals surface area contributed by atoms with Crippen molar-refractivity contribution in [2.45, 2.75) is 38.3 Å². The molecule has 1 unspecified atom stereocenters. The average molecular weight is 337 g/mol. The zero-order valence-corrected chi connectivity index (χ0v) is 14.2. The van der Waals surface area contributed by atoms with E-state index in [-0.39, 0.29) is 11.8 Å². The molecule has 0 aliphatic carbocycles. The van der Waals surface area contributed by atoms with Crippen molar-refractivity contribution in [1.29, 1.82) is 0 Å². The van der Waals surface area contributed by atoms with E-state index < -0.39 is 0 Å². The summed E-state index contributed by atoms with van der Waals surface area (Å²) in [5, 5.41) is 3.98. The molecule has 5 heteroatoms. The lowest BCUT2D eigenvalue weighted by atomic mass is 9.95. The molecule has 2 fully saturated rings. The monoisotopic (exact) mass is 336 g/mol. The Balaban J connectivity index is 1.50. The maximum absolute atomic E-state index is 12.5. The van der Waals surface area contributed by atoms with Gasteiger partial charge in [-0.25, -0.2) is 0 Å². The van der Waals surface area contributed by atoms with Gasteiger partial charge in [-0.05, 0) is 49.9 Å². The van der Waals surface area contributed by atoms with Gasteiger partial charge in [0.2, 0.25) is 5.91 Å². The Labute approximate surface area is 143 Å². The lowest BCUT2D eigenvalue weighted by Crippen LogP contribution is -2.47. The lowest BCUT2D eigenvalue weighted by molar-refractivity contribution is -0.128. The van der Waals surface area contributed by atoms with Crippen molar-refractivity contribution in [2.75, 3.05) is 26.3 Å². The van der Waals surface area contributed by atoms with Crippen molar-refractivity contribution < 1.29 is 9.53 Å². The smallest absolute Gasteiger partial charge is 0.224 e. The summed E-state index contributed by atoms with van der Waals surface area (Å²) in [4.78, 5) is 14.9. The highest BCUT2D eigenvalue weighted by Gasteiger charge is 2.27. The van der Waals surface area contributed by atoms with E-state index in [2.05, 4.69) is 22.3 Å². The normalized spacial score (nSPS) is 23.6. The Kier molecular flexibility index (Phi) is 5.92. The molecular weight excluding hydrogens is 312 g/mol. The van der Waals surface area contributed by atoms with E-state index >= 15 is 0 Å². The van der Waals surface area contributed by atoms with Crippen LogP contribution in [0.1, 0.15) is 31.2 Å². The van der Waals surface area contributed by atoms with E-state index in [4.69, 9.17) is 16.3 Å². The van der Waals surface area contributed by atoms with E-state index in [1.54, 1.807) is 0 Å². The highest BCUT2D eigenvalue weighted by molar-refractivity contribution is 6.30. The first-order valence-electron chi connectivity index (χ1n) is 8.55. The predicted molar refractivity (Wildman–Crippen MR) is 91.4 cm³/mol. The summed E-state index contributed by atoms with van der Waals surface area (Å²) >= 11 is 5.94. The van der Waals surface area contributed by atoms with E-state index in [0.29, 0.717) is 6.04 Å². The molecule has 1 aromatic rings. The molecule has 0 bridgehead atoms. The summed E-state index contributed by atoms with van der Waals surface area (Å²) in [6.45, 7) is 4.32. The van der Waals surface area contributed by atoms with Crippen molar-refractivity contribution in [3.05, 3.63) is 34.9 Å². The maximum atomic E-state index is 12.5. The van der Waals surface area contributed by atoms with E-state index in [0.717, 1.165) is 63.6 Å². The maximum Gasteiger partial charge on any atom is 0.224 e. The van der Waals surface area contributed by atoms with Gasteiger partial charge < -0.3 is 10.1 Å². The molecule has 0 spiro atoms. The minimum atomic E-state index is 0.110. The zero-order chi connectivity index (χ0) is 16.1. The number of nitrogens with one attached hydrogen (secondary N) is 1. The summed E-state index contributed by atoms with van der Waals surface area (Å²) in [6, 6.07) is 8.27. The molecule has 126 valence electrons. The van der Waals surface area contributed by atoms with Gasteiger partial charge in [-0.3, -0.25) is 9.69 Å². The minimum absolute atomic E-state index is 0.110. The van der Waals surface area contributed by atoms with Gasteiger partial charge in [-0.15, -0.1) is 0 Å². The molecule has 4 nitrogen and oxygen atoms in total. The fourth-order valence-corrected chi connectivity index (χ4v) is 3.55. The number of hydrogen-bond donors (Lipinski definition) is 1. The van der Waals surface area contributed by atoms with Crippen molar-refractivity contribution in [1.82, 2.24) is 10.2 Å². The first-order valence-corrected chi connectivity index (χ1v) is 8.93. The number of carbonyl (C=O) groups is 1. The molecule has 2 aliphatic heterocycles. The second-order valence-electron chi connectivity index (χ2n) is 6.60. The third kappa shape index (κ3) is 4.93. The van der Waals surface area contributed by atoms with Gasteiger partial charge in [-0.1, -0.05) is 23.7 Å². The molecule has 1 N–H and O–H groups in total. The summed E-state index contributed by atoms with van der Waals surface area (Å²) in [7, 11) is 0. The number of amides is 1. The molecule has 2 aliphatic rings. The van der Waals surface area contributed by atoms with Crippen LogP contribution in [0.25, 0.3) is 0 Å². The molecule has 1 aromatic carbocycles. The number of likely N-dealkylation sites (tertiary alicyclic amines) is 1. The Morgan fingerprint density at radius 1 is 1.22 bits per heavy atom. The Bertz CT molecular complexity index is 514. The number of hydrogen-bond acceptors (Lipinski definition) is 3. The average Bonchev–Trinajstić information content (AvgIpc) is 2.58. The largest absolute Gasteiger partial charge is 0.381 e. The molecule has 0 saturated carbocycles. The van der Waals surface area contributed by atoms with Crippen molar-refractivity contribution in [2.24, 2.45) is 5.92 Å². The van der Waals surface area contributed by atoms with E-state index in [9.17, 15) is 4.79 Å². The van der Waals surface area contributed by atoms with Crippen molar-refractivity contribution >= 4 is 17.5 Å². The van der Waals surface area contributed by atoms with Gasteiger partial charge in [0.1, 0.15) is 0 Å². The van der Waals surface area contributed by atoms with Crippen LogP contribution in [0.5, 0.6) is 0 Å². The number of ether oxygens (including phenoxy) is 1. The first-order chi connectivity index (χ1) is 11.2. The van der Waals surface area contributed by atoms with Crippen LogP contribution < -0.4 is 5.32 Å². The van der Waals surface area contributed by atoms with Gasteiger partial charge >= 0.3 is 0 Å². The summed E-state index contributed by atoms with van der Waals surface area (Å²) in [6.07, 6.45) is 3.95. The molecule has 0 radical (unpaired) electrons. The fraction of sp³-hybridized carbons (Fsp3) is 0.611. The Hall–Kier alpha value is -1.10. The number of rotatable bonds is 4. The molecule has 3 rings (SSSR count). The minimum Gasteiger partial charge on any atom is -0.381 e. The SMILES string of the molecule is O=C(NC1CCOCC1)C1CCCN(Cc2ccc(Cl)cc2)C1. The highest BCUT2D eigenvalue weighted by Crippen LogP contribution is 2.20. The summed E-state index contributed by atoms with van der Waals surface area (Å²) in [5.74, 6) is 0.330. The molecule has 23 heavy (non-hydrogen) atoms. The second-order valence-corrected chi connectivity index (χ2v) is 7.03. The van der Waals surface area contributed by atoms with Crippen LogP contribution in [0.4, 0.5) is 0 Å². The Morgan fingerprint density at radius 3 is 2.70 bits per heavy atom. The van der Waals surface area contributed by atoms with Gasteiger partial charge in [0.05, 0.1) is 5.92 Å². The summed E-state index contributed by atoms with van der Waals surface area (Å²) < 4.78 is 5.35. The van der Waals surface area contributed by atoms with Gasteiger partial charge in [0, 0.05) is 37.4 Å². The quantitative estimate of drug-likeness (QED) is 0.919. The van der Waals surface area contributed by atoms with Crippen molar-refractivity contribution in [3.63, 3.8) is 0 Å². The molecular formula is C18H25ClN2O2. The van der Waals surface area contributed by atoms with Gasteiger partial charge in [-0.2, -0.15) is 0 Å². The molecule has 2 saturated heterocycles. The van der Waals surface area contributed by atoms with E-state index in [1.165, 1.54) is 5.56 Å². The van der Waals surface area contributed by atoms with Crippen LogP contribution in [0.2, 0.25) is 5.02 Å². The molecule has 1 atom stereocenters. The highest BCUT2D eigenvalue weighted by atomic mass is 35.5. The van der Waals surface area contributed by atoms with E-state index in [1.807, 2.05) is 12.1 Å². The molecule has 1 amide bonds. The second kappa shape index (κ2) is 8.13. The number of halogens is 1. The predicted octanol–water partition coefficient (Wildman–Crippen LogP) is 2.85. The topological polar surface area (TPSA) is 41.6 Å². The van der Waals surface area contributed by atoms with Crippen LogP contribution in [0.3, 0.4) is 0 Å². The van der Waals surface area contributed by atoms with Crippen LogP contribution in [-0.2, 0) is 16.1 Å². The van der Waals surface area contributed by atoms with Gasteiger partial charge in [0.15, 0.2) is 0 Å². The van der Waals surface area contributed by atoms with Crippen LogP contribution in [0, 0.1) is 5.92 Å². The van der Waals surface area contributed by atoms with Crippen LogP contribution >= 0.6 is 11.6 Å². The number of benzene rings is 1. The van der Waals surface area contributed by atoms with Crippen LogP contribution in [-0.4, -0.2) is 43.2 Å². The third-order valence-corrected chi connectivity index (χ3v) is 5.02. The van der Waals surface area contributed by atoms with Crippen molar-refractivity contribution in [3.8, 4) is 0 Å². The van der Waals surface area contributed by atoms with Crippen LogP contribution in [0.15, 0.2) is 24.3 Å². The lowest BCUT2D eigenvalue weighted by Gasteiger charge is -2.33. The first kappa shape index (κ1) is 16.7.